The summed E-state index contributed by atoms with van der Waals surface area (Å²) in [6, 6.07) is 4.07. The van der Waals surface area contributed by atoms with E-state index in [9.17, 15) is 18.5 Å². The van der Waals surface area contributed by atoms with Crippen LogP contribution in [0.1, 0.15) is 0 Å². The predicted molar refractivity (Wildman–Crippen MR) is 109 cm³/mol. The zero-order chi connectivity index (χ0) is 19.3. The van der Waals surface area contributed by atoms with Crippen molar-refractivity contribution in [2.45, 2.75) is 4.90 Å². The van der Waals surface area contributed by atoms with Crippen LogP contribution in [0.15, 0.2) is 23.1 Å². The Morgan fingerprint density at radius 3 is 2.23 bits per heavy atom. The van der Waals surface area contributed by atoms with Gasteiger partial charge in [-0.3, -0.25) is 10.1 Å². The second-order valence-corrected chi connectivity index (χ2v) is 9.47. The average molecular weight is 514 g/mol. The molecule has 8 nitrogen and oxygen atoms in total. The molecule has 1 saturated heterocycles. The fourth-order valence-electron chi connectivity index (χ4n) is 2.81. The number of alkyl halides is 2. The first-order valence-corrected chi connectivity index (χ1v) is 11.8. The van der Waals surface area contributed by atoms with E-state index in [1.54, 1.807) is 0 Å². The Balaban J connectivity index is 2.51. The predicted octanol–water partition coefficient (Wildman–Crippen LogP) is 2.13. The number of sulfonamides is 1. The first kappa shape index (κ1) is 21.5. The van der Waals surface area contributed by atoms with Gasteiger partial charge in [-0.1, -0.05) is 31.9 Å². The molecule has 1 heterocycles. The minimum absolute atomic E-state index is 0.00171. The Morgan fingerprint density at radius 2 is 1.73 bits per heavy atom. The number of piperazine rings is 1. The van der Waals surface area contributed by atoms with Crippen LogP contribution in [0.3, 0.4) is 0 Å². The Kier molecular flexibility index (Phi) is 7.83. The van der Waals surface area contributed by atoms with Crippen LogP contribution >= 0.6 is 31.9 Å². The number of anilines is 1. The number of hydrogen-bond donors (Lipinski definition) is 0. The van der Waals surface area contributed by atoms with Crippen molar-refractivity contribution in [2.24, 2.45) is 0 Å². The molecule has 11 heteroatoms. The Hall–Kier alpha value is -0.750. The second-order valence-electron chi connectivity index (χ2n) is 5.98. The lowest BCUT2D eigenvalue weighted by Crippen LogP contribution is -2.47. The fourth-order valence-corrected chi connectivity index (χ4v) is 5.32. The summed E-state index contributed by atoms with van der Waals surface area (Å²) in [5, 5.41) is 12.5. The van der Waals surface area contributed by atoms with E-state index < -0.39 is 14.9 Å². The molecule has 0 N–H and O–H groups in total. The van der Waals surface area contributed by atoms with Crippen molar-refractivity contribution in [1.82, 2.24) is 9.21 Å². The molecule has 0 aromatic heterocycles. The van der Waals surface area contributed by atoms with Crippen molar-refractivity contribution in [3.8, 4) is 0 Å². The van der Waals surface area contributed by atoms with Gasteiger partial charge in [0.05, 0.1) is 10.6 Å². The molecule has 0 radical (unpaired) electrons. The van der Waals surface area contributed by atoms with Crippen molar-refractivity contribution >= 4 is 53.3 Å². The average Bonchev–Trinajstić information content (AvgIpc) is 2.61. The summed E-state index contributed by atoms with van der Waals surface area (Å²) >= 11 is 6.77. The van der Waals surface area contributed by atoms with Crippen LogP contribution in [0.2, 0.25) is 0 Å². The Labute approximate surface area is 170 Å². The molecule has 1 aliphatic rings. The normalized spacial score (nSPS) is 16.6. The maximum atomic E-state index is 13.2. The largest absolute Gasteiger partial charge is 0.369 e. The third-order valence-corrected chi connectivity index (χ3v) is 6.92. The number of nitrogens with zero attached hydrogens (tertiary/aromatic N) is 4. The molecule has 1 aromatic rings. The van der Waals surface area contributed by atoms with Crippen molar-refractivity contribution in [3.05, 3.63) is 28.3 Å². The summed E-state index contributed by atoms with van der Waals surface area (Å²) in [5.41, 5.74) is 0.271. The first-order chi connectivity index (χ1) is 12.3. The number of likely N-dealkylation sites (N-methyl/N-ethyl adjacent to an activating group) is 1. The third kappa shape index (κ3) is 4.94. The van der Waals surface area contributed by atoms with Crippen molar-refractivity contribution in [1.29, 1.82) is 0 Å². The van der Waals surface area contributed by atoms with Crippen LogP contribution in [0, 0.1) is 10.1 Å². The van der Waals surface area contributed by atoms with E-state index in [4.69, 9.17) is 0 Å². The van der Waals surface area contributed by atoms with Gasteiger partial charge in [-0.25, -0.2) is 8.42 Å². The monoisotopic (exact) mass is 512 g/mol. The quantitative estimate of drug-likeness (QED) is 0.300. The number of hydrogen-bond acceptors (Lipinski definition) is 6. The third-order valence-electron chi connectivity index (χ3n) is 4.28. The van der Waals surface area contributed by atoms with E-state index in [1.807, 2.05) is 11.9 Å². The molecule has 1 fully saturated rings. The van der Waals surface area contributed by atoms with Gasteiger partial charge in [0.1, 0.15) is 4.90 Å². The van der Waals surface area contributed by atoms with Crippen LogP contribution in [0.25, 0.3) is 0 Å². The molecule has 1 aliphatic heterocycles. The summed E-state index contributed by atoms with van der Waals surface area (Å²) in [6.45, 7) is 3.20. The highest BCUT2D eigenvalue weighted by Gasteiger charge is 2.32. The van der Waals surface area contributed by atoms with Crippen LogP contribution < -0.4 is 4.90 Å². The molecule has 0 spiro atoms. The van der Waals surface area contributed by atoms with Crippen molar-refractivity contribution in [3.63, 3.8) is 0 Å². The molecule has 1 aromatic carbocycles. The van der Waals surface area contributed by atoms with E-state index in [2.05, 4.69) is 36.8 Å². The zero-order valence-corrected chi connectivity index (χ0v) is 18.5. The molecular weight excluding hydrogens is 492 g/mol. The van der Waals surface area contributed by atoms with Gasteiger partial charge in [0.2, 0.25) is 10.0 Å². The molecule has 0 aliphatic carbocycles. The lowest BCUT2D eigenvalue weighted by molar-refractivity contribution is -0.385. The summed E-state index contributed by atoms with van der Waals surface area (Å²) in [7, 11) is -1.88. The highest BCUT2D eigenvalue weighted by atomic mass is 79.9. The highest BCUT2D eigenvalue weighted by Crippen LogP contribution is 2.32. The smallest absolute Gasteiger partial charge is 0.270 e. The number of nitro groups is 1. The second kappa shape index (κ2) is 9.45. The molecule has 146 valence electrons. The maximum Gasteiger partial charge on any atom is 0.270 e. The van der Waals surface area contributed by atoms with Crippen molar-refractivity contribution < 1.29 is 13.3 Å². The number of halogens is 2. The number of benzene rings is 1. The van der Waals surface area contributed by atoms with E-state index in [0.717, 1.165) is 0 Å². The molecule has 0 atom stereocenters. The summed E-state index contributed by atoms with van der Waals surface area (Å²) in [6.07, 6.45) is 0. The Morgan fingerprint density at radius 1 is 1.15 bits per heavy atom. The van der Waals surface area contributed by atoms with Gasteiger partial charge in [-0.2, -0.15) is 4.31 Å². The lowest BCUT2D eigenvalue weighted by Gasteiger charge is -2.33. The molecule has 2 rings (SSSR count). The van der Waals surface area contributed by atoms with Crippen LogP contribution in [0.5, 0.6) is 0 Å². The number of non-ortho nitro benzene ring substituents is 1. The van der Waals surface area contributed by atoms with Gasteiger partial charge in [-0.15, -0.1) is 0 Å². The minimum atomic E-state index is -3.82. The molecule has 0 unspecified atom stereocenters. The van der Waals surface area contributed by atoms with Gasteiger partial charge in [0, 0.05) is 62.1 Å². The molecule has 0 saturated carbocycles. The minimum Gasteiger partial charge on any atom is -0.369 e. The number of rotatable bonds is 8. The van der Waals surface area contributed by atoms with E-state index in [1.165, 1.54) is 22.5 Å². The topological polar surface area (TPSA) is 87.0 Å². The molecular formula is C15H22Br2N4O4S. The van der Waals surface area contributed by atoms with Gasteiger partial charge < -0.3 is 9.80 Å². The first-order valence-electron chi connectivity index (χ1n) is 8.15. The lowest BCUT2D eigenvalue weighted by atomic mass is 10.2. The summed E-state index contributed by atoms with van der Waals surface area (Å²) in [4.78, 5) is 14.6. The Bertz CT molecular complexity index is 733. The van der Waals surface area contributed by atoms with E-state index in [0.29, 0.717) is 55.6 Å². The summed E-state index contributed by atoms with van der Waals surface area (Å²) < 4.78 is 27.9. The van der Waals surface area contributed by atoms with Gasteiger partial charge in [0.25, 0.3) is 5.69 Å². The zero-order valence-electron chi connectivity index (χ0n) is 14.5. The van der Waals surface area contributed by atoms with E-state index >= 15 is 0 Å². The van der Waals surface area contributed by atoms with Gasteiger partial charge >= 0.3 is 0 Å². The molecule has 0 amide bonds. The standard InChI is InChI=1S/C15H22Br2N4O4S/c1-18-8-10-20(11-9-18)26(24,25)15-12-13(21(22)23)2-3-14(15)19(6-4-16)7-5-17/h2-3,12H,4-11H2,1H3. The number of nitro benzene ring substituents is 1. The molecule has 0 bridgehead atoms. The van der Waals surface area contributed by atoms with Crippen LogP contribution in [-0.2, 0) is 10.0 Å². The molecule has 26 heavy (non-hydrogen) atoms. The maximum absolute atomic E-state index is 13.2. The van der Waals surface area contributed by atoms with Gasteiger partial charge in [-0.05, 0) is 13.1 Å². The fraction of sp³-hybridized carbons (Fsp3) is 0.600. The van der Waals surface area contributed by atoms with Crippen molar-refractivity contribution in [2.75, 3.05) is 61.9 Å². The van der Waals surface area contributed by atoms with E-state index in [-0.39, 0.29) is 10.6 Å². The van der Waals surface area contributed by atoms with Crippen LogP contribution in [0.4, 0.5) is 11.4 Å². The van der Waals surface area contributed by atoms with Crippen LogP contribution in [-0.4, -0.2) is 79.5 Å². The SMILES string of the molecule is CN1CCN(S(=O)(=O)c2cc([N+](=O)[O-])ccc2N(CCBr)CCBr)CC1. The summed E-state index contributed by atoms with van der Waals surface area (Å²) in [5.74, 6) is 0. The van der Waals surface area contributed by atoms with Gasteiger partial charge in [0.15, 0.2) is 0 Å². The highest BCUT2D eigenvalue weighted by molar-refractivity contribution is 9.09.